The van der Waals surface area contributed by atoms with E-state index in [2.05, 4.69) is 4.72 Å². The minimum atomic E-state index is -1.40. The fraction of sp³-hybridized carbons (Fsp3) is 0. The van der Waals surface area contributed by atoms with Gasteiger partial charge in [-0.05, 0) is 35.4 Å². The van der Waals surface area contributed by atoms with Gasteiger partial charge in [-0.2, -0.15) is 0 Å². The molecule has 0 fully saturated rings. The van der Waals surface area contributed by atoms with Gasteiger partial charge in [0.1, 0.15) is 11.0 Å². The van der Waals surface area contributed by atoms with E-state index in [-0.39, 0.29) is 0 Å². The summed E-state index contributed by atoms with van der Waals surface area (Å²) in [5, 5.41) is 8.43. The molecule has 6 heteroatoms. The van der Waals surface area contributed by atoms with E-state index in [1.165, 1.54) is 17.6 Å². The first-order chi connectivity index (χ1) is 11.2. The lowest BCUT2D eigenvalue weighted by Gasteiger charge is -2.03. The van der Waals surface area contributed by atoms with Crippen molar-refractivity contribution in [2.75, 3.05) is 0 Å². The third kappa shape index (κ3) is 5.54. The van der Waals surface area contributed by atoms with Crippen LogP contribution >= 0.6 is 0 Å². The number of rotatable bonds is 6. The summed E-state index contributed by atoms with van der Waals surface area (Å²) in [7, 11) is -1.40. The second-order valence-electron chi connectivity index (χ2n) is 4.51. The quantitative estimate of drug-likeness (QED) is 0.433. The molecule has 0 aliphatic heterocycles. The minimum absolute atomic E-state index is 0.578. The Balaban J connectivity index is 2.01. The van der Waals surface area contributed by atoms with Crippen molar-refractivity contribution >= 4 is 29.0 Å². The minimum Gasteiger partial charge on any atom is -0.308 e. The molecule has 3 N–H and O–H groups in total. The Bertz CT molecular complexity index is 743. The summed E-state index contributed by atoms with van der Waals surface area (Å²) in [6.45, 7) is 0. The van der Waals surface area contributed by atoms with Crippen LogP contribution in [0.4, 0.5) is 0 Å². The Kier molecular flexibility index (Phi) is 6.28. The van der Waals surface area contributed by atoms with E-state index in [4.69, 9.17) is 5.21 Å². The lowest BCUT2D eigenvalue weighted by molar-refractivity contribution is -0.124. The highest BCUT2D eigenvalue weighted by molar-refractivity contribution is 7.83. The van der Waals surface area contributed by atoms with Gasteiger partial charge in [-0.15, -0.1) is 0 Å². The summed E-state index contributed by atoms with van der Waals surface area (Å²) < 4.78 is 15.0. The van der Waals surface area contributed by atoms with Crippen molar-refractivity contribution < 1.29 is 14.2 Å². The second-order valence-corrected chi connectivity index (χ2v) is 5.76. The molecule has 1 unspecified atom stereocenters. The highest BCUT2D eigenvalue weighted by atomic mass is 32.2. The van der Waals surface area contributed by atoms with Gasteiger partial charge in [0.15, 0.2) is 0 Å². The van der Waals surface area contributed by atoms with E-state index in [1.54, 1.807) is 30.5 Å². The zero-order chi connectivity index (χ0) is 16.5. The van der Waals surface area contributed by atoms with Gasteiger partial charge in [-0.25, -0.2) is 9.69 Å². The molecule has 5 nitrogen and oxygen atoms in total. The lowest BCUT2D eigenvalue weighted by Crippen LogP contribution is -2.14. The molecule has 0 aliphatic rings. The molecule has 0 aromatic heterocycles. The van der Waals surface area contributed by atoms with Crippen LogP contribution in [0.1, 0.15) is 11.1 Å². The van der Waals surface area contributed by atoms with Gasteiger partial charge in [0.05, 0.1) is 4.90 Å². The fourth-order valence-electron chi connectivity index (χ4n) is 1.77. The van der Waals surface area contributed by atoms with Crippen molar-refractivity contribution in [2.24, 2.45) is 0 Å². The van der Waals surface area contributed by atoms with Crippen molar-refractivity contribution in [1.29, 1.82) is 0 Å². The van der Waals surface area contributed by atoms with Gasteiger partial charge in [-0.1, -0.05) is 42.5 Å². The third-order valence-electron chi connectivity index (χ3n) is 2.86. The van der Waals surface area contributed by atoms with E-state index >= 15 is 0 Å². The van der Waals surface area contributed by atoms with E-state index in [1.807, 2.05) is 36.4 Å². The van der Waals surface area contributed by atoms with E-state index < -0.39 is 16.9 Å². The molecule has 0 radical (unpaired) electrons. The van der Waals surface area contributed by atoms with Crippen LogP contribution in [0.15, 0.2) is 71.8 Å². The van der Waals surface area contributed by atoms with Crippen LogP contribution < -0.4 is 10.2 Å². The molecule has 2 aromatic carbocycles. The first-order valence-corrected chi connectivity index (χ1v) is 7.96. The molecular weight excluding hydrogens is 312 g/mol. The van der Waals surface area contributed by atoms with Crippen LogP contribution in [0.2, 0.25) is 0 Å². The van der Waals surface area contributed by atoms with Crippen molar-refractivity contribution in [2.45, 2.75) is 4.90 Å². The molecule has 0 bridgehead atoms. The lowest BCUT2D eigenvalue weighted by atomic mass is 10.2. The van der Waals surface area contributed by atoms with Crippen LogP contribution in [0.25, 0.3) is 12.2 Å². The van der Waals surface area contributed by atoms with Gasteiger partial charge in [0.25, 0.3) is 5.91 Å². The zero-order valence-electron chi connectivity index (χ0n) is 12.2. The van der Waals surface area contributed by atoms with Crippen LogP contribution in [0.5, 0.6) is 0 Å². The Labute approximate surface area is 136 Å². The first kappa shape index (κ1) is 16.7. The summed E-state index contributed by atoms with van der Waals surface area (Å²) in [6, 6.07) is 16.6. The van der Waals surface area contributed by atoms with E-state index in [9.17, 15) is 9.00 Å². The van der Waals surface area contributed by atoms with E-state index in [0.29, 0.717) is 10.5 Å². The molecule has 0 aliphatic carbocycles. The number of hydroxylamine groups is 1. The fourth-order valence-corrected chi connectivity index (χ4v) is 2.54. The molecule has 0 saturated carbocycles. The number of hydrogen-bond acceptors (Lipinski definition) is 3. The van der Waals surface area contributed by atoms with Crippen LogP contribution in [-0.2, 0) is 15.8 Å². The smallest absolute Gasteiger partial charge is 0.267 e. The van der Waals surface area contributed by atoms with Gasteiger partial charge >= 0.3 is 0 Å². The monoisotopic (exact) mass is 328 g/mol. The number of amides is 1. The SMILES string of the molecule is O=C(/C=C/c1cccc(S(=O)N/C=C/c2ccccc2)c1)NO. The van der Waals surface area contributed by atoms with Gasteiger partial charge in [-0.3, -0.25) is 10.0 Å². The number of nitrogens with one attached hydrogen (secondary N) is 2. The largest absolute Gasteiger partial charge is 0.308 e. The predicted octanol–water partition coefficient (Wildman–Crippen LogP) is 2.49. The summed E-state index contributed by atoms with van der Waals surface area (Å²) in [5.41, 5.74) is 3.21. The van der Waals surface area contributed by atoms with Crippen LogP contribution in [0, 0.1) is 0 Å². The average Bonchev–Trinajstić information content (AvgIpc) is 2.60. The summed E-state index contributed by atoms with van der Waals surface area (Å²) >= 11 is 0. The first-order valence-electron chi connectivity index (χ1n) is 6.81. The van der Waals surface area contributed by atoms with Crippen molar-refractivity contribution in [1.82, 2.24) is 10.2 Å². The second kappa shape index (κ2) is 8.67. The molecule has 0 heterocycles. The molecule has 0 spiro atoms. The summed E-state index contributed by atoms with van der Waals surface area (Å²) in [5.74, 6) is -0.625. The maximum absolute atomic E-state index is 12.2. The Morgan fingerprint density at radius 2 is 1.74 bits per heavy atom. The Hall–Kier alpha value is -2.70. The number of carbonyl (C=O) groups excluding carboxylic acids is 1. The van der Waals surface area contributed by atoms with Crippen molar-refractivity contribution in [3.63, 3.8) is 0 Å². The zero-order valence-corrected chi connectivity index (χ0v) is 13.0. The number of hydrogen-bond donors (Lipinski definition) is 3. The van der Waals surface area contributed by atoms with Crippen molar-refractivity contribution in [3.05, 3.63) is 78.0 Å². The van der Waals surface area contributed by atoms with Gasteiger partial charge in [0.2, 0.25) is 0 Å². The molecular formula is C17H16N2O3S. The Morgan fingerprint density at radius 1 is 1.00 bits per heavy atom. The number of carbonyl (C=O) groups is 1. The summed E-state index contributed by atoms with van der Waals surface area (Å²) in [6.07, 6.45) is 6.16. The average molecular weight is 328 g/mol. The van der Waals surface area contributed by atoms with E-state index in [0.717, 1.165) is 5.56 Å². The molecule has 1 atom stereocenters. The molecule has 2 rings (SSSR count). The van der Waals surface area contributed by atoms with Gasteiger partial charge in [0, 0.05) is 12.3 Å². The molecule has 0 saturated heterocycles. The molecule has 1 amide bonds. The maximum atomic E-state index is 12.2. The van der Waals surface area contributed by atoms with Crippen LogP contribution in [0.3, 0.4) is 0 Å². The predicted molar refractivity (Wildman–Crippen MR) is 90.4 cm³/mol. The van der Waals surface area contributed by atoms with Crippen molar-refractivity contribution in [3.8, 4) is 0 Å². The normalized spacial score (nSPS) is 12.4. The highest BCUT2D eigenvalue weighted by Gasteiger charge is 2.01. The summed E-state index contributed by atoms with van der Waals surface area (Å²) in [4.78, 5) is 11.5. The highest BCUT2D eigenvalue weighted by Crippen LogP contribution is 2.10. The molecule has 23 heavy (non-hydrogen) atoms. The standard InChI is InChI=1S/C17H16N2O3S/c20-17(19-21)10-9-15-7-4-8-16(13-15)23(22)18-12-11-14-5-2-1-3-6-14/h1-13,18,21H,(H,19,20)/b10-9+,12-11+. The van der Waals surface area contributed by atoms with Gasteiger partial charge < -0.3 is 4.72 Å². The maximum Gasteiger partial charge on any atom is 0.267 e. The molecule has 2 aromatic rings. The molecule has 118 valence electrons. The Morgan fingerprint density at radius 3 is 2.48 bits per heavy atom. The van der Waals surface area contributed by atoms with Crippen LogP contribution in [-0.4, -0.2) is 15.3 Å². The third-order valence-corrected chi connectivity index (χ3v) is 3.89. The number of benzene rings is 2. The topological polar surface area (TPSA) is 78.4 Å².